The molecule has 29 heavy (non-hydrogen) atoms. The normalized spacial score (nSPS) is 25.8. The van der Waals surface area contributed by atoms with E-state index in [1.165, 1.54) is 11.3 Å². The predicted octanol–water partition coefficient (Wildman–Crippen LogP) is 1.09. The van der Waals surface area contributed by atoms with Crippen LogP contribution in [0.15, 0.2) is 23.1 Å². The predicted molar refractivity (Wildman–Crippen MR) is 114 cm³/mol. The van der Waals surface area contributed by atoms with E-state index < -0.39 is 10.0 Å². The average molecular weight is 423 g/mol. The molecule has 7 heteroatoms. The molecule has 1 N–H and O–H groups in total. The lowest BCUT2D eigenvalue weighted by molar-refractivity contribution is -0.918. The quantitative estimate of drug-likeness (QED) is 0.790. The number of carbonyl (C=O) groups is 1. The number of carbonyl (C=O) groups excluding carboxylic acids is 1. The van der Waals surface area contributed by atoms with E-state index in [4.69, 9.17) is 0 Å². The fourth-order valence-corrected chi connectivity index (χ4v) is 6.61. The molecule has 3 rings (SSSR count). The summed E-state index contributed by atoms with van der Waals surface area (Å²) in [6, 6.07) is 5.43. The first-order valence-corrected chi connectivity index (χ1v) is 12.2. The average Bonchev–Trinajstić information content (AvgIpc) is 2.68. The smallest absolute Gasteiger partial charge is 0.280 e. The van der Waals surface area contributed by atoms with E-state index in [1.54, 1.807) is 10.4 Å². The van der Waals surface area contributed by atoms with E-state index in [-0.39, 0.29) is 11.9 Å². The van der Waals surface area contributed by atoms with Gasteiger partial charge in [0, 0.05) is 13.1 Å². The van der Waals surface area contributed by atoms with Crippen LogP contribution >= 0.6 is 0 Å². The number of nitrogens with zero attached hydrogens (tertiary/aromatic N) is 2. The third-order valence-electron chi connectivity index (χ3n) is 6.49. The van der Waals surface area contributed by atoms with Crippen LogP contribution in [-0.2, 0) is 14.8 Å². The summed E-state index contributed by atoms with van der Waals surface area (Å²) in [7, 11) is -3.49. The summed E-state index contributed by atoms with van der Waals surface area (Å²) in [6.45, 7) is 14.1. The first-order valence-electron chi connectivity index (χ1n) is 10.8. The molecule has 2 heterocycles. The Kier molecular flexibility index (Phi) is 6.70. The molecule has 0 unspecified atom stereocenters. The third kappa shape index (κ3) is 4.84. The zero-order valence-electron chi connectivity index (χ0n) is 18.4. The molecule has 2 aliphatic heterocycles. The van der Waals surface area contributed by atoms with E-state index in [2.05, 4.69) is 13.8 Å². The van der Waals surface area contributed by atoms with Gasteiger partial charge in [0.1, 0.15) is 0 Å². The Balaban J connectivity index is 1.64. The second-order valence-corrected chi connectivity index (χ2v) is 11.1. The molecule has 2 aliphatic rings. The number of sulfonamides is 1. The molecule has 0 aliphatic carbocycles. The molecule has 1 amide bonds. The fraction of sp³-hybridized carbons (Fsp3) is 0.682. The van der Waals surface area contributed by atoms with Crippen LogP contribution in [0.1, 0.15) is 38.3 Å². The molecule has 2 fully saturated rings. The fourth-order valence-electron chi connectivity index (χ4n) is 4.86. The molecule has 0 saturated carbocycles. The second-order valence-electron chi connectivity index (χ2n) is 9.24. The molecule has 0 radical (unpaired) electrons. The molecule has 162 valence electrons. The van der Waals surface area contributed by atoms with Crippen molar-refractivity contribution in [2.75, 3.05) is 39.3 Å². The number of piperidine rings is 1. The van der Waals surface area contributed by atoms with Crippen LogP contribution in [0.25, 0.3) is 0 Å². The molecular formula is C22H36N3O3S+. The summed E-state index contributed by atoms with van der Waals surface area (Å²) in [5, 5.41) is 0. The van der Waals surface area contributed by atoms with Gasteiger partial charge in [0.05, 0.1) is 31.1 Å². The van der Waals surface area contributed by atoms with E-state index in [1.807, 2.05) is 37.8 Å². The minimum absolute atomic E-state index is 0.127. The third-order valence-corrected chi connectivity index (χ3v) is 8.53. The highest BCUT2D eigenvalue weighted by Crippen LogP contribution is 2.22. The summed E-state index contributed by atoms with van der Waals surface area (Å²) >= 11 is 0. The number of piperazine rings is 1. The lowest BCUT2D eigenvalue weighted by atomic mass is 9.91. The highest BCUT2D eigenvalue weighted by molar-refractivity contribution is 7.89. The molecule has 0 bridgehead atoms. The molecule has 1 aromatic rings. The van der Waals surface area contributed by atoms with Crippen LogP contribution in [-0.4, -0.2) is 68.8 Å². The zero-order chi connectivity index (χ0) is 21.3. The van der Waals surface area contributed by atoms with Crippen LogP contribution < -0.4 is 4.90 Å². The number of quaternary nitrogens is 1. The van der Waals surface area contributed by atoms with E-state index >= 15 is 0 Å². The van der Waals surface area contributed by atoms with Crippen LogP contribution in [0.3, 0.4) is 0 Å². The molecule has 6 nitrogen and oxygen atoms in total. The molecule has 0 aromatic heterocycles. The van der Waals surface area contributed by atoms with Gasteiger partial charge >= 0.3 is 0 Å². The van der Waals surface area contributed by atoms with Gasteiger partial charge in [-0.05, 0) is 56.2 Å². The van der Waals surface area contributed by atoms with E-state index in [0.717, 1.165) is 24.2 Å². The number of rotatable bonds is 4. The SMILES string of the molecule is Cc1ccc(C)c(S(=O)(=O)N2CC[NH+]([C@@H](C)C(=O)N3C[C@H](C)C[C@H](C)C3)CC2)c1. The summed E-state index contributed by atoms with van der Waals surface area (Å²) in [4.78, 5) is 16.7. The molecular weight excluding hydrogens is 386 g/mol. The number of hydrogen-bond donors (Lipinski definition) is 1. The molecule has 2 saturated heterocycles. The van der Waals surface area contributed by atoms with Gasteiger partial charge in [-0.2, -0.15) is 4.31 Å². The Morgan fingerprint density at radius 1 is 1.10 bits per heavy atom. The number of aryl methyl sites for hydroxylation is 2. The Labute approximate surface area is 175 Å². The van der Waals surface area contributed by atoms with Crippen LogP contribution in [0.4, 0.5) is 0 Å². The van der Waals surface area contributed by atoms with Gasteiger partial charge in [-0.25, -0.2) is 8.42 Å². The lowest BCUT2D eigenvalue weighted by Crippen LogP contribution is -3.19. The summed E-state index contributed by atoms with van der Waals surface area (Å²) in [5.41, 5.74) is 1.73. The Hall–Kier alpha value is -1.44. The molecule has 3 atom stereocenters. The van der Waals surface area contributed by atoms with Gasteiger partial charge < -0.3 is 9.80 Å². The van der Waals surface area contributed by atoms with Crippen molar-refractivity contribution in [2.45, 2.75) is 52.0 Å². The van der Waals surface area contributed by atoms with Crippen molar-refractivity contribution in [3.05, 3.63) is 29.3 Å². The maximum absolute atomic E-state index is 13.1. The van der Waals surface area contributed by atoms with Crippen LogP contribution in [0.5, 0.6) is 0 Å². The lowest BCUT2D eigenvalue weighted by Gasteiger charge is -2.39. The Bertz CT molecular complexity index is 837. The first-order chi connectivity index (χ1) is 13.6. The minimum atomic E-state index is -3.49. The standard InChI is InChI=1S/C22H35N3O3S/c1-16-6-7-19(4)21(13-16)29(27,28)25-10-8-23(9-11-25)20(5)22(26)24-14-17(2)12-18(3)15-24/h6-7,13,17-18,20H,8-12,14-15H2,1-5H3/p+1/t17-,18+,20-/m0/s1. The van der Waals surface area contributed by atoms with Crippen molar-refractivity contribution in [3.63, 3.8) is 0 Å². The van der Waals surface area contributed by atoms with E-state index in [0.29, 0.717) is 42.9 Å². The summed E-state index contributed by atoms with van der Waals surface area (Å²) < 4.78 is 27.8. The summed E-state index contributed by atoms with van der Waals surface area (Å²) in [6.07, 6.45) is 1.18. The highest BCUT2D eigenvalue weighted by Gasteiger charge is 2.37. The highest BCUT2D eigenvalue weighted by atomic mass is 32.2. The van der Waals surface area contributed by atoms with Gasteiger partial charge in [-0.3, -0.25) is 4.79 Å². The maximum Gasteiger partial charge on any atom is 0.280 e. The van der Waals surface area contributed by atoms with Gasteiger partial charge in [0.25, 0.3) is 5.91 Å². The number of benzene rings is 1. The van der Waals surface area contributed by atoms with Crippen molar-refractivity contribution in [3.8, 4) is 0 Å². The van der Waals surface area contributed by atoms with E-state index in [9.17, 15) is 13.2 Å². The second kappa shape index (κ2) is 8.74. The van der Waals surface area contributed by atoms with Crippen molar-refractivity contribution >= 4 is 15.9 Å². The Morgan fingerprint density at radius 2 is 1.69 bits per heavy atom. The van der Waals surface area contributed by atoms with Crippen molar-refractivity contribution in [1.82, 2.24) is 9.21 Å². The molecule has 1 aromatic carbocycles. The topological polar surface area (TPSA) is 62.1 Å². The minimum Gasteiger partial charge on any atom is -0.337 e. The zero-order valence-corrected chi connectivity index (χ0v) is 19.3. The number of amides is 1. The van der Waals surface area contributed by atoms with Crippen LogP contribution in [0.2, 0.25) is 0 Å². The van der Waals surface area contributed by atoms with Crippen molar-refractivity contribution in [2.24, 2.45) is 11.8 Å². The largest absolute Gasteiger partial charge is 0.337 e. The van der Waals surface area contributed by atoms with Crippen LogP contribution in [0, 0.1) is 25.7 Å². The van der Waals surface area contributed by atoms with Gasteiger partial charge in [-0.1, -0.05) is 26.0 Å². The van der Waals surface area contributed by atoms with Gasteiger partial charge in [0.2, 0.25) is 10.0 Å². The number of likely N-dealkylation sites (tertiary alicyclic amines) is 1. The summed E-state index contributed by atoms with van der Waals surface area (Å²) in [5.74, 6) is 1.30. The maximum atomic E-state index is 13.1. The Morgan fingerprint density at radius 3 is 2.28 bits per heavy atom. The monoisotopic (exact) mass is 422 g/mol. The van der Waals surface area contributed by atoms with Gasteiger partial charge in [0.15, 0.2) is 6.04 Å². The van der Waals surface area contributed by atoms with Crippen molar-refractivity contribution in [1.29, 1.82) is 0 Å². The van der Waals surface area contributed by atoms with Gasteiger partial charge in [-0.15, -0.1) is 0 Å². The van der Waals surface area contributed by atoms with Crippen molar-refractivity contribution < 1.29 is 18.1 Å². The number of nitrogens with one attached hydrogen (secondary N) is 1. The first kappa shape index (κ1) is 22.2. The molecule has 0 spiro atoms. The number of hydrogen-bond acceptors (Lipinski definition) is 3.